The molecule has 0 bridgehead atoms. The van der Waals surface area contributed by atoms with Crippen LogP contribution in [0.4, 0.5) is 0 Å². The van der Waals surface area contributed by atoms with Crippen LogP contribution in [0.15, 0.2) is 59.7 Å². The highest BCUT2D eigenvalue weighted by Crippen LogP contribution is 2.33. The van der Waals surface area contributed by atoms with Gasteiger partial charge in [0.25, 0.3) is 11.8 Å². The number of nitrogens with one attached hydrogen (secondary N) is 1. The van der Waals surface area contributed by atoms with Gasteiger partial charge in [-0.25, -0.2) is 5.01 Å². The minimum Gasteiger partial charge on any atom is -0.497 e. The number of nitrogens with two attached hydrogens (primary N) is 1. The minimum atomic E-state index is -0.179. The second-order valence-electron chi connectivity index (χ2n) is 6.51. The summed E-state index contributed by atoms with van der Waals surface area (Å²) in [6.07, 6.45) is 0.636. The van der Waals surface area contributed by atoms with Crippen molar-refractivity contribution >= 4 is 17.5 Å². The predicted molar refractivity (Wildman–Crippen MR) is 106 cm³/mol. The number of rotatable bonds is 7. The maximum atomic E-state index is 12.8. The number of hydrogen-bond donors (Lipinski definition) is 2. The van der Waals surface area contributed by atoms with Gasteiger partial charge in [-0.15, -0.1) is 0 Å². The third-order valence-electron chi connectivity index (χ3n) is 4.70. The van der Waals surface area contributed by atoms with Gasteiger partial charge in [-0.3, -0.25) is 9.59 Å². The normalized spacial score (nSPS) is 15.9. The van der Waals surface area contributed by atoms with E-state index in [1.807, 2.05) is 54.6 Å². The highest BCUT2D eigenvalue weighted by Gasteiger charge is 2.33. The Bertz CT molecular complexity index is 850. The Labute approximate surface area is 164 Å². The van der Waals surface area contributed by atoms with E-state index in [4.69, 9.17) is 4.74 Å². The van der Waals surface area contributed by atoms with Crippen molar-refractivity contribution in [1.29, 1.82) is 0 Å². The van der Waals surface area contributed by atoms with Crippen molar-refractivity contribution < 1.29 is 19.6 Å². The van der Waals surface area contributed by atoms with E-state index in [2.05, 4.69) is 10.4 Å². The van der Waals surface area contributed by atoms with Gasteiger partial charge in [-0.05, 0) is 23.3 Å². The van der Waals surface area contributed by atoms with Crippen LogP contribution in [0.2, 0.25) is 0 Å². The zero-order valence-corrected chi connectivity index (χ0v) is 16.1. The smallest absolute Gasteiger partial charge is 0.298 e. The topological polar surface area (TPSA) is 87.6 Å². The largest absolute Gasteiger partial charge is 0.497 e. The Hall–Kier alpha value is -3.19. The van der Waals surface area contributed by atoms with Crippen molar-refractivity contribution in [3.05, 3.63) is 65.7 Å². The number of hydrogen-bond acceptors (Lipinski definition) is 4. The standard InChI is InChI=1S/C21H24N4O3/c1-22-20(26)13-23-14-21(27)25-19(16-8-10-17(28-2)11-9-16)12-18(24-25)15-6-4-3-5-7-15/h3-11,19,23H,12-14H2,1-2H3,(H,22,26)/p+1/t19-/m1/s1. The monoisotopic (exact) mass is 381 g/mol. The van der Waals surface area contributed by atoms with Crippen molar-refractivity contribution in [3.8, 4) is 5.75 Å². The number of amides is 2. The van der Waals surface area contributed by atoms with E-state index >= 15 is 0 Å². The Morgan fingerprint density at radius 1 is 1.14 bits per heavy atom. The van der Waals surface area contributed by atoms with Crippen LogP contribution < -0.4 is 15.4 Å². The first-order valence-electron chi connectivity index (χ1n) is 9.23. The lowest BCUT2D eigenvalue weighted by Gasteiger charge is -2.21. The van der Waals surface area contributed by atoms with Crippen molar-refractivity contribution in [3.63, 3.8) is 0 Å². The third kappa shape index (κ3) is 4.55. The molecule has 0 aromatic heterocycles. The van der Waals surface area contributed by atoms with Gasteiger partial charge in [0.1, 0.15) is 5.75 Å². The van der Waals surface area contributed by atoms with E-state index in [0.717, 1.165) is 22.6 Å². The van der Waals surface area contributed by atoms with E-state index < -0.39 is 0 Å². The van der Waals surface area contributed by atoms with Crippen molar-refractivity contribution in [1.82, 2.24) is 10.3 Å². The summed E-state index contributed by atoms with van der Waals surface area (Å²) >= 11 is 0. The molecule has 0 fully saturated rings. The molecule has 0 unspecified atom stereocenters. The quantitative estimate of drug-likeness (QED) is 0.739. The van der Waals surface area contributed by atoms with E-state index in [9.17, 15) is 9.59 Å². The second-order valence-corrected chi connectivity index (χ2v) is 6.51. The number of ether oxygens (including phenoxy) is 1. The number of nitrogens with zero attached hydrogens (tertiary/aromatic N) is 2. The molecule has 2 aromatic carbocycles. The number of benzene rings is 2. The molecule has 1 aliphatic heterocycles. The molecule has 3 rings (SSSR count). The van der Waals surface area contributed by atoms with Crippen molar-refractivity contribution in [2.45, 2.75) is 12.5 Å². The average molecular weight is 381 g/mol. The van der Waals surface area contributed by atoms with Crippen LogP contribution in [0.5, 0.6) is 5.75 Å². The fourth-order valence-corrected chi connectivity index (χ4v) is 3.15. The second kappa shape index (κ2) is 9.14. The molecule has 0 aliphatic carbocycles. The fraction of sp³-hybridized carbons (Fsp3) is 0.286. The van der Waals surface area contributed by atoms with Crippen LogP contribution in [0.1, 0.15) is 23.6 Å². The average Bonchev–Trinajstić information content (AvgIpc) is 3.20. The summed E-state index contributed by atoms with van der Waals surface area (Å²) in [5.74, 6) is 0.521. The molecule has 2 amide bonds. The number of likely N-dealkylation sites (N-methyl/N-ethyl adjacent to an activating group) is 1. The minimum absolute atomic E-state index is 0.116. The highest BCUT2D eigenvalue weighted by molar-refractivity contribution is 6.03. The summed E-state index contributed by atoms with van der Waals surface area (Å²) < 4.78 is 5.23. The SMILES string of the molecule is CNC(=O)C[NH2+]CC(=O)N1N=C(c2ccccc2)C[C@@H]1c1ccc(OC)cc1. The summed E-state index contributed by atoms with van der Waals surface area (Å²) in [4.78, 5) is 24.2. The highest BCUT2D eigenvalue weighted by atomic mass is 16.5. The molecule has 1 aliphatic rings. The lowest BCUT2D eigenvalue weighted by Crippen LogP contribution is -2.88. The number of carbonyl (C=O) groups excluding carboxylic acids is 2. The van der Waals surface area contributed by atoms with E-state index in [0.29, 0.717) is 6.42 Å². The van der Waals surface area contributed by atoms with E-state index in [1.54, 1.807) is 24.5 Å². The van der Waals surface area contributed by atoms with Crippen LogP contribution >= 0.6 is 0 Å². The third-order valence-corrected chi connectivity index (χ3v) is 4.70. The van der Waals surface area contributed by atoms with Gasteiger partial charge in [0, 0.05) is 13.5 Å². The zero-order chi connectivity index (χ0) is 19.9. The molecular formula is C21H25N4O3+. The Balaban J connectivity index is 1.80. The molecule has 146 valence electrons. The van der Waals surface area contributed by atoms with Crippen LogP contribution in [0.3, 0.4) is 0 Å². The number of quaternary nitrogens is 1. The number of carbonyl (C=O) groups is 2. The maximum Gasteiger partial charge on any atom is 0.298 e. The van der Waals surface area contributed by atoms with Gasteiger partial charge in [0.2, 0.25) is 0 Å². The molecular weight excluding hydrogens is 356 g/mol. The summed E-state index contributed by atoms with van der Waals surface area (Å²) in [5.41, 5.74) is 2.88. The maximum absolute atomic E-state index is 12.8. The van der Waals surface area contributed by atoms with Crippen LogP contribution in [-0.2, 0) is 9.59 Å². The number of methoxy groups -OCH3 is 1. The zero-order valence-electron chi connectivity index (χ0n) is 16.1. The summed E-state index contributed by atoms with van der Waals surface area (Å²) in [6.45, 7) is 0.365. The lowest BCUT2D eigenvalue weighted by atomic mass is 9.98. The molecule has 0 saturated carbocycles. The van der Waals surface area contributed by atoms with Gasteiger partial charge < -0.3 is 15.4 Å². The van der Waals surface area contributed by atoms with Crippen LogP contribution in [0, 0.1) is 0 Å². The molecule has 3 N–H and O–H groups in total. The van der Waals surface area contributed by atoms with Crippen molar-refractivity contribution in [2.24, 2.45) is 5.10 Å². The first-order valence-corrected chi connectivity index (χ1v) is 9.23. The van der Waals surface area contributed by atoms with Gasteiger partial charge in [-0.1, -0.05) is 42.5 Å². The van der Waals surface area contributed by atoms with Gasteiger partial charge in [0.15, 0.2) is 13.1 Å². The van der Waals surface area contributed by atoms with Gasteiger partial charge in [-0.2, -0.15) is 5.10 Å². The molecule has 7 heteroatoms. The van der Waals surface area contributed by atoms with Gasteiger partial charge in [0.05, 0.1) is 18.9 Å². The molecule has 0 spiro atoms. The number of hydrazone groups is 1. The Morgan fingerprint density at radius 2 is 1.86 bits per heavy atom. The van der Waals surface area contributed by atoms with E-state index in [-0.39, 0.29) is 30.9 Å². The first-order chi connectivity index (χ1) is 13.6. The molecule has 2 aromatic rings. The molecule has 28 heavy (non-hydrogen) atoms. The summed E-state index contributed by atoms with van der Waals surface area (Å²) in [7, 11) is 3.20. The lowest BCUT2D eigenvalue weighted by molar-refractivity contribution is -0.633. The first kappa shape index (κ1) is 19.6. The van der Waals surface area contributed by atoms with Crippen LogP contribution in [-0.4, -0.2) is 49.8 Å². The predicted octanol–water partition coefficient (Wildman–Crippen LogP) is 0.682. The Kier molecular flexibility index (Phi) is 6.39. The van der Waals surface area contributed by atoms with Crippen molar-refractivity contribution in [2.75, 3.05) is 27.2 Å². The summed E-state index contributed by atoms with van der Waals surface area (Å²) in [6, 6.07) is 17.4. The molecule has 0 radical (unpaired) electrons. The van der Waals surface area contributed by atoms with E-state index in [1.165, 1.54) is 0 Å². The summed E-state index contributed by atoms with van der Waals surface area (Å²) in [5, 5.41) is 10.4. The molecule has 1 atom stereocenters. The van der Waals surface area contributed by atoms with Crippen LogP contribution in [0.25, 0.3) is 0 Å². The Morgan fingerprint density at radius 3 is 2.50 bits per heavy atom. The fourth-order valence-electron chi connectivity index (χ4n) is 3.15. The van der Waals surface area contributed by atoms with Gasteiger partial charge >= 0.3 is 0 Å². The molecule has 0 saturated heterocycles. The molecule has 1 heterocycles. The molecule has 7 nitrogen and oxygen atoms in total.